The summed E-state index contributed by atoms with van der Waals surface area (Å²) in [6.45, 7) is 3.70. The highest BCUT2D eigenvalue weighted by atomic mass is 16.2. The van der Waals surface area contributed by atoms with Crippen LogP contribution in [0.15, 0.2) is 30.4 Å². The van der Waals surface area contributed by atoms with Crippen LogP contribution in [0.1, 0.15) is 17.2 Å². The number of imide groups is 1. The molecule has 2 aliphatic rings. The van der Waals surface area contributed by atoms with E-state index in [1.165, 1.54) is 0 Å². The fourth-order valence-corrected chi connectivity index (χ4v) is 2.67. The van der Waals surface area contributed by atoms with Crippen LogP contribution < -0.4 is 5.32 Å². The van der Waals surface area contributed by atoms with Gasteiger partial charge >= 0.3 is 0 Å². The Morgan fingerprint density at radius 1 is 1.16 bits per heavy atom. The van der Waals surface area contributed by atoms with Crippen LogP contribution in [-0.4, -0.2) is 21.8 Å². The fourth-order valence-electron chi connectivity index (χ4n) is 2.67. The van der Waals surface area contributed by atoms with Gasteiger partial charge in [0.25, 0.3) is 0 Å². The molecule has 96 valence electrons. The molecule has 1 aliphatic heterocycles. The molecule has 1 aliphatic carbocycles. The normalized spacial score (nSPS) is 28.4. The topological polar surface area (TPSA) is 72.0 Å². The highest BCUT2D eigenvalue weighted by Gasteiger charge is 2.56. The van der Waals surface area contributed by atoms with E-state index in [4.69, 9.17) is 0 Å². The first kappa shape index (κ1) is 11.8. The number of carbonyl (C=O) groups is 2. The van der Waals surface area contributed by atoms with Crippen molar-refractivity contribution in [2.75, 3.05) is 0 Å². The predicted octanol–water partition coefficient (Wildman–Crippen LogP) is 0.730. The monoisotopic (exact) mass is 255 g/mol. The number of nitrogens with zero attached hydrogens (tertiary/aromatic N) is 2. The predicted molar refractivity (Wildman–Crippen MR) is 68.1 cm³/mol. The third-order valence-corrected chi connectivity index (χ3v) is 3.51. The molecule has 3 rings (SSSR count). The number of aromatic nitrogens is 2. The molecule has 1 saturated heterocycles. The Morgan fingerprint density at radius 2 is 1.84 bits per heavy atom. The number of rotatable bonds is 1. The Balaban J connectivity index is 2.24. The number of hydrogen-bond acceptors (Lipinski definition) is 4. The summed E-state index contributed by atoms with van der Waals surface area (Å²) in [4.78, 5) is 32.9. The van der Waals surface area contributed by atoms with E-state index in [2.05, 4.69) is 15.3 Å². The summed E-state index contributed by atoms with van der Waals surface area (Å²) in [5.74, 6) is -0.827. The third-order valence-electron chi connectivity index (χ3n) is 3.51. The van der Waals surface area contributed by atoms with Crippen molar-refractivity contribution in [1.29, 1.82) is 0 Å². The maximum atomic E-state index is 12.3. The van der Waals surface area contributed by atoms with Gasteiger partial charge in [-0.3, -0.25) is 14.9 Å². The van der Waals surface area contributed by atoms with Gasteiger partial charge < -0.3 is 0 Å². The van der Waals surface area contributed by atoms with Gasteiger partial charge in [0.1, 0.15) is 11.2 Å². The summed E-state index contributed by atoms with van der Waals surface area (Å²) in [5.41, 5.74) is 0.472. The molecule has 1 N–H and O–H groups in total. The Hall–Kier alpha value is -2.30. The lowest BCUT2D eigenvalue weighted by molar-refractivity contribution is -0.126. The lowest BCUT2D eigenvalue weighted by Gasteiger charge is -2.27. The molecule has 2 amide bonds. The van der Waals surface area contributed by atoms with Crippen LogP contribution >= 0.6 is 0 Å². The first-order valence-corrected chi connectivity index (χ1v) is 6.08. The average molecular weight is 255 g/mol. The lowest BCUT2D eigenvalue weighted by Crippen LogP contribution is -2.40. The first-order valence-electron chi connectivity index (χ1n) is 6.08. The van der Waals surface area contributed by atoms with E-state index in [1.54, 1.807) is 24.3 Å². The number of hydrogen-bond donors (Lipinski definition) is 1. The molecule has 5 nitrogen and oxygen atoms in total. The van der Waals surface area contributed by atoms with E-state index in [9.17, 15) is 9.59 Å². The zero-order valence-corrected chi connectivity index (χ0v) is 10.7. The molecular weight excluding hydrogens is 242 g/mol. The maximum Gasteiger partial charge on any atom is 0.245 e. The molecule has 0 radical (unpaired) electrons. The van der Waals surface area contributed by atoms with E-state index >= 15 is 0 Å². The molecule has 0 saturated carbocycles. The van der Waals surface area contributed by atoms with E-state index < -0.39 is 11.3 Å². The van der Waals surface area contributed by atoms with Crippen LogP contribution in [-0.2, 0) is 15.0 Å². The van der Waals surface area contributed by atoms with Gasteiger partial charge in [0.2, 0.25) is 11.8 Å². The molecule has 0 aromatic carbocycles. The van der Waals surface area contributed by atoms with Gasteiger partial charge in [-0.1, -0.05) is 24.3 Å². The summed E-state index contributed by atoms with van der Waals surface area (Å²) >= 11 is 0. The summed E-state index contributed by atoms with van der Waals surface area (Å²) in [7, 11) is 0. The number of aryl methyl sites for hydroxylation is 2. The molecular formula is C14H13N3O2. The van der Waals surface area contributed by atoms with Gasteiger partial charge in [0.15, 0.2) is 0 Å². The van der Waals surface area contributed by atoms with Crippen LogP contribution in [0, 0.1) is 19.8 Å². The van der Waals surface area contributed by atoms with Gasteiger partial charge in [0, 0.05) is 11.4 Å². The Bertz CT molecular complexity index is 628. The van der Waals surface area contributed by atoms with Crippen molar-refractivity contribution < 1.29 is 9.59 Å². The van der Waals surface area contributed by atoms with Crippen LogP contribution in [0.3, 0.4) is 0 Å². The van der Waals surface area contributed by atoms with Crippen molar-refractivity contribution in [3.05, 3.63) is 47.6 Å². The number of amides is 2. The van der Waals surface area contributed by atoms with E-state index in [0.29, 0.717) is 5.82 Å². The van der Waals surface area contributed by atoms with Gasteiger partial charge in [-0.05, 0) is 19.9 Å². The summed E-state index contributed by atoms with van der Waals surface area (Å²) in [6, 6.07) is 1.84. The zero-order valence-electron chi connectivity index (χ0n) is 10.7. The largest absolute Gasteiger partial charge is 0.295 e. The fraction of sp³-hybridized carbons (Fsp3) is 0.286. The minimum Gasteiger partial charge on any atom is -0.295 e. The molecule has 0 spiro atoms. The molecule has 2 atom stereocenters. The number of carbonyl (C=O) groups excluding carboxylic acids is 2. The molecule has 1 aromatic rings. The minimum atomic E-state index is -1.09. The lowest BCUT2D eigenvalue weighted by atomic mass is 9.73. The van der Waals surface area contributed by atoms with Crippen LogP contribution in [0.4, 0.5) is 0 Å². The Morgan fingerprint density at radius 3 is 2.53 bits per heavy atom. The average Bonchev–Trinajstić information content (AvgIpc) is 2.62. The van der Waals surface area contributed by atoms with Crippen molar-refractivity contribution in [2.24, 2.45) is 5.92 Å². The molecule has 5 heteroatoms. The second-order valence-corrected chi connectivity index (χ2v) is 4.88. The Labute approximate surface area is 110 Å². The first-order chi connectivity index (χ1) is 9.04. The smallest absolute Gasteiger partial charge is 0.245 e. The standard InChI is InChI=1S/C14H13N3O2/c1-8-7-9(2)16-12(15-8)14-6-4-3-5-10(14)11(18)17-13(14)19/h3-7,10H,1-2H3,(H,17,18,19). The van der Waals surface area contributed by atoms with Gasteiger partial charge in [0.05, 0.1) is 5.92 Å². The van der Waals surface area contributed by atoms with Crippen molar-refractivity contribution in [2.45, 2.75) is 19.3 Å². The minimum absolute atomic E-state index is 0.298. The number of fused-ring (bicyclic) bond motifs is 1. The van der Waals surface area contributed by atoms with Crippen molar-refractivity contribution in [3.63, 3.8) is 0 Å². The van der Waals surface area contributed by atoms with E-state index in [-0.39, 0.29) is 11.8 Å². The SMILES string of the molecule is Cc1cc(C)nc(C23C=CC=CC2C(=O)NC3=O)n1. The highest BCUT2D eigenvalue weighted by molar-refractivity contribution is 6.12. The second kappa shape index (κ2) is 3.85. The summed E-state index contributed by atoms with van der Waals surface area (Å²) in [5, 5.41) is 2.38. The molecule has 1 fully saturated rings. The van der Waals surface area contributed by atoms with Crippen LogP contribution in [0.2, 0.25) is 0 Å². The molecule has 0 bridgehead atoms. The molecule has 1 aromatic heterocycles. The van der Waals surface area contributed by atoms with Gasteiger partial charge in [-0.25, -0.2) is 9.97 Å². The Kier molecular flexibility index (Phi) is 2.38. The highest BCUT2D eigenvalue weighted by Crippen LogP contribution is 2.39. The molecule has 2 heterocycles. The van der Waals surface area contributed by atoms with Crippen molar-refractivity contribution >= 4 is 11.8 Å². The van der Waals surface area contributed by atoms with Gasteiger partial charge in [-0.15, -0.1) is 0 Å². The number of allylic oxidation sites excluding steroid dienone is 2. The third kappa shape index (κ3) is 1.54. The summed E-state index contributed by atoms with van der Waals surface area (Å²) in [6.07, 6.45) is 6.97. The quantitative estimate of drug-likeness (QED) is 0.751. The van der Waals surface area contributed by atoms with Crippen LogP contribution in [0.5, 0.6) is 0 Å². The number of nitrogens with one attached hydrogen (secondary N) is 1. The molecule has 2 unspecified atom stereocenters. The van der Waals surface area contributed by atoms with Crippen molar-refractivity contribution in [1.82, 2.24) is 15.3 Å². The maximum absolute atomic E-state index is 12.3. The summed E-state index contributed by atoms with van der Waals surface area (Å²) < 4.78 is 0. The van der Waals surface area contributed by atoms with E-state index in [0.717, 1.165) is 11.4 Å². The van der Waals surface area contributed by atoms with Crippen LogP contribution in [0.25, 0.3) is 0 Å². The second-order valence-electron chi connectivity index (χ2n) is 4.88. The molecule has 19 heavy (non-hydrogen) atoms. The van der Waals surface area contributed by atoms with Crippen molar-refractivity contribution in [3.8, 4) is 0 Å². The van der Waals surface area contributed by atoms with Gasteiger partial charge in [-0.2, -0.15) is 0 Å². The van der Waals surface area contributed by atoms with E-state index in [1.807, 2.05) is 19.9 Å². The zero-order chi connectivity index (χ0) is 13.6.